The zero-order valence-corrected chi connectivity index (χ0v) is 12.2. The molecule has 2 rings (SSSR count). The highest BCUT2D eigenvalue weighted by molar-refractivity contribution is 6.32. The molecular formula is C14H20ClN3O. The quantitative estimate of drug-likeness (QED) is 0.923. The van der Waals surface area contributed by atoms with E-state index in [9.17, 15) is 0 Å². The summed E-state index contributed by atoms with van der Waals surface area (Å²) in [5.41, 5.74) is 1.50. The molecule has 104 valence electrons. The lowest BCUT2D eigenvalue weighted by atomic mass is 10.0. The molecule has 1 aliphatic rings. The minimum atomic E-state index is 0.141. The van der Waals surface area contributed by atoms with Crippen LogP contribution in [0.3, 0.4) is 0 Å². The summed E-state index contributed by atoms with van der Waals surface area (Å²) in [5.74, 6) is 0. The van der Waals surface area contributed by atoms with E-state index in [1.54, 1.807) is 0 Å². The van der Waals surface area contributed by atoms with E-state index < -0.39 is 0 Å². The number of ether oxygens (including phenoxy) is 1. The van der Waals surface area contributed by atoms with Crippen molar-refractivity contribution in [2.45, 2.75) is 38.8 Å². The van der Waals surface area contributed by atoms with E-state index in [1.807, 2.05) is 13.1 Å². The molecule has 0 saturated carbocycles. The largest absolute Gasteiger partial charge is 0.375 e. The molecule has 19 heavy (non-hydrogen) atoms. The molecule has 1 N–H and O–H groups in total. The maximum atomic E-state index is 9.07. The van der Waals surface area contributed by atoms with Gasteiger partial charge in [0.2, 0.25) is 0 Å². The first kappa shape index (κ1) is 14.4. The van der Waals surface area contributed by atoms with Gasteiger partial charge in [-0.1, -0.05) is 18.5 Å². The van der Waals surface area contributed by atoms with Gasteiger partial charge in [-0.15, -0.1) is 0 Å². The van der Waals surface area contributed by atoms with Gasteiger partial charge in [0.1, 0.15) is 6.07 Å². The van der Waals surface area contributed by atoms with E-state index >= 15 is 0 Å². The van der Waals surface area contributed by atoms with Gasteiger partial charge in [0, 0.05) is 25.0 Å². The number of hydrogen-bond donors (Lipinski definition) is 1. The standard InChI is InChI=1S/C14H20ClN3O/c1-3-6-19-13-8-17-5-4-12(13)18-9-11(7-16)14(15)10(18)2/h9,12-13,17H,3-6,8H2,1-2H3/t12-,13+/m1/s1. The van der Waals surface area contributed by atoms with Crippen LogP contribution in [-0.2, 0) is 4.74 Å². The maximum absolute atomic E-state index is 9.07. The molecule has 5 heteroatoms. The van der Waals surface area contributed by atoms with E-state index in [0.29, 0.717) is 10.6 Å². The van der Waals surface area contributed by atoms with E-state index in [4.69, 9.17) is 21.6 Å². The average molecular weight is 282 g/mol. The van der Waals surface area contributed by atoms with E-state index in [2.05, 4.69) is 22.9 Å². The molecule has 1 aliphatic heterocycles. The Hall–Kier alpha value is -1.02. The lowest BCUT2D eigenvalue weighted by Crippen LogP contribution is -2.43. The van der Waals surface area contributed by atoms with Gasteiger partial charge in [-0.25, -0.2) is 0 Å². The average Bonchev–Trinajstić information content (AvgIpc) is 2.73. The fourth-order valence-corrected chi connectivity index (χ4v) is 2.79. The van der Waals surface area contributed by atoms with Crippen LogP contribution in [0.5, 0.6) is 0 Å². The smallest absolute Gasteiger partial charge is 0.102 e. The third kappa shape index (κ3) is 2.94. The Balaban J connectivity index is 2.25. The highest BCUT2D eigenvalue weighted by Crippen LogP contribution is 2.30. The molecule has 2 heterocycles. The Bertz CT molecular complexity index is 478. The monoisotopic (exact) mass is 281 g/mol. The lowest BCUT2D eigenvalue weighted by Gasteiger charge is -2.34. The summed E-state index contributed by atoms with van der Waals surface area (Å²) in [5, 5.41) is 13.0. The summed E-state index contributed by atoms with van der Waals surface area (Å²) in [6, 6.07) is 2.40. The fourth-order valence-electron chi connectivity index (χ4n) is 2.60. The summed E-state index contributed by atoms with van der Waals surface area (Å²) in [7, 11) is 0. The normalized spacial score (nSPS) is 23.3. The van der Waals surface area contributed by atoms with Crippen molar-refractivity contribution in [1.29, 1.82) is 5.26 Å². The molecule has 0 aliphatic carbocycles. The van der Waals surface area contributed by atoms with Crippen LogP contribution in [0.1, 0.15) is 37.1 Å². The summed E-state index contributed by atoms with van der Waals surface area (Å²) in [4.78, 5) is 0. The number of rotatable bonds is 4. The van der Waals surface area contributed by atoms with Crippen molar-refractivity contribution in [2.24, 2.45) is 0 Å². The molecule has 4 nitrogen and oxygen atoms in total. The van der Waals surface area contributed by atoms with Crippen LogP contribution >= 0.6 is 11.6 Å². The summed E-state index contributed by atoms with van der Waals surface area (Å²) in [6.07, 6.45) is 4.00. The van der Waals surface area contributed by atoms with Gasteiger partial charge in [-0.2, -0.15) is 5.26 Å². The second-order valence-electron chi connectivity index (χ2n) is 4.93. The Morgan fingerprint density at radius 3 is 3.05 bits per heavy atom. The van der Waals surface area contributed by atoms with E-state index in [0.717, 1.165) is 38.2 Å². The third-order valence-corrected chi connectivity index (χ3v) is 4.09. The van der Waals surface area contributed by atoms with Crippen LogP contribution in [0, 0.1) is 18.3 Å². The molecular weight excluding hydrogens is 262 g/mol. The van der Waals surface area contributed by atoms with Crippen LogP contribution in [0.15, 0.2) is 6.20 Å². The van der Waals surface area contributed by atoms with Crippen LogP contribution in [0.4, 0.5) is 0 Å². The maximum Gasteiger partial charge on any atom is 0.102 e. The minimum Gasteiger partial charge on any atom is -0.375 e. The molecule has 1 aromatic heterocycles. The number of aromatic nitrogens is 1. The first-order chi connectivity index (χ1) is 9.19. The molecule has 0 unspecified atom stereocenters. The summed E-state index contributed by atoms with van der Waals surface area (Å²) < 4.78 is 8.04. The van der Waals surface area contributed by atoms with Gasteiger partial charge in [-0.05, 0) is 26.3 Å². The zero-order valence-electron chi connectivity index (χ0n) is 11.4. The number of halogens is 1. The predicted octanol–water partition coefficient (Wildman–Crippen LogP) is 2.65. The van der Waals surface area contributed by atoms with Crippen molar-refractivity contribution in [1.82, 2.24) is 9.88 Å². The predicted molar refractivity (Wildman–Crippen MR) is 75.4 cm³/mol. The number of nitriles is 1. The van der Waals surface area contributed by atoms with Gasteiger partial charge >= 0.3 is 0 Å². The van der Waals surface area contributed by atoms with Gasteiger partial charge in [0.05, 0.1) is 22.7 Å². The Labute approximate surface area is 119 Å². The van der Waals surface area contributed by atoms with Gasteiger partial charge < -0.3 is 14.6 Å². The summed E-state index contributed by atoms with van der Waals surface area (Å²) >= 11 is 6.19. The molecule has 1 aromatic rings. The van der Waals surface area contributed by atoms with Crippen LogP contribution < -0.4 is 5.32 Å². The van der Waals surface area contributed by atoms with Crippen molar-refractivity contribution >= 4 is 11.6 Å². The van der Waals surface area contributed by atoms with Crippen LogP contribution in [-0.4, -0.2) is 30.4 Å². The van der Waals surface area contributed by atoms with Gasteiger partial charge in [-0.3, -0.25) is 0 Å². The van der Waals surface area contributed by atoms with Crippen molar-refractivity contribution < 1.29 is 4.74 Å². The van der Waals surface area contributed by atoms with Crippen molar-refractivity contribution in [3.63, 3.8) is 0 Å². The topological polar surface area (TPSA) is 50.0 Å². The number of piperidine rings is 1. The molecule has 0 spiro atoms. The minimum absolute atomic E-state index is 0.141. The number of nitrogens with one attached hydrogen (secondary N) is 1. The Kier molecular flexibility index (Phi) is 4.87. The summed E-state index contributed by atoms with van der Waals surface area (Å²) in [6.45, 7) is 6.65. The van der Waals surface area contributed by atoms with Crippen LogP contribution in [0.2, 0.25) is 5.02 Å². The third-order valence-electron chi connectivity index (χ3n) is 3.61. The highest BCUT2D eigenvalue weighted by atomic mass is 35.5. The van der Waals surface area contributed by atoms with E-state index in [1.165, 1.54) is 0 Å². The molecule has 0 aromatic carbocycles. The van der Waals surface area contributed by atoms with E-state index in [-0.39, 0.29) is 12.1 Å². The first-order valence-electron chi connectivity index (χ1n) is 6.78. The molecule has 2 atom stereocenters. The SMILES string of the molecule is CCCO[C@H]1CNCC[C@H]1n1cc(C#N)c(Cl)c1C. The molecule has 0 amide bonds. The zero-order chi connectivity index (χ0) is 13.8. The Morgan fingerprint density at radius 2 is 2.42 bits per heavy atom. The number of hydrogen-bond acceptors (Lipinski definition) is 3. The Morgan fingerprint density at radius 1 is 1.63 bits per heavy atom. The highest BCUT2D eigenvalue weighted by Gasteiger charge is 2.29. The van der Waals surface area contributed by atoms with Crippen molar-refractivity contribution in [3.05, 3.63) is 22.5 Å². The second kappa shape index (κ2) is 6.42. The van der Waals surface area contributed by atoms with Crippen molar-refractivity contribution in [2.75, 3.05) is 19.7 Å². The number of nitrogens with zero attached hydrogens (tertiary/aromatic N) is 2. The lowest BCUT2D eigenvalue weighted by molar-refractivity contribution is 0.00293. The fraction of sp³-hybridized carbons (Fsp3) is 0.643. The van der Waals surface area contributed by atoms with Crippen LogP contribution in [0.25, 0.3) is 0 Å². The van der Waals surface area contributed by atoms with Gasteiger partial charge in [0.25, 0.3) is 0 Å². The second-order valence-corrected chi connectivity index (χ2v) is 5.31. The molecule has 0 bridgehead atoms. The molecule has 1 fully saturated rings. The first-order valence-corrected chi connectivity index (χ1v) is 7.16. The van der Waals surface area contributed by atoms with Gasteiger partial charge in [0.15, 0.2) is 0 Å². The molecule has 1 saturated heterocycles. The van der Waals surface area contributed by atoms with Crippen molar-refractivity contribution in [3.8, 4) is 6.07 Å². The molecule has 0 radical (unpaired) electrons.